The van der Waals surface area contributed by atoms with Gasteiger partial charge in [-0.05, 0) is 61.7 Å². The summed E-state index contributed by atoms with van der Waals surface area (Å²) in [5.41, 5.74) is 9.91. The van der Waals surface area contributed by atoms with E-state index in [4.69, 9.17) is 0 Å². The second-order valence-electron chi connectivity index (χ2n) is 7.01. The molecule has 0 unspecified atom stereocenters. The van der Waals surface area contributed by atoms with Crippen LogP contribution in [-0.2, 0) is 0 Å². The van der Waals surface area contributed by atoms with Gasteiger partial charge in [0.1, 0.15) is 0 Å². The van der Waals surface area contributed by atoms with E-state index in [1.54, 1.807) is 0 Å². The standard InChI is InChI=1S/C25H23N/c1-18-7-11-21(12-8-18)24-15-16-25(22-13-9-19(2)10-14-22)26(24)23-6-4-5-20(3)17-23/h4-17H,1-3H3. The zero-order valence-corrected chi connectivity index (χ0v) is 15.5. The molecule has 128 valence electrons. The van der Waals surface area contributed by atoms with E-state index in [0.29, 0.717) is 0 Å². The van der Waals surface area contributed by atoms with Crippen LogP contribution in [0.5, 0.6) is 0 Å². The van der Waals surface area contributed by atoms with E-state index >= 15 is 0 Å². The Balaban J connectivity index is 1.95. The number of rotatable bonds is 3. The average Bonchev–Trinajstić information content (AvgIpc) is 3.08. The Hall–Kier alpha value is -3.06. The maximum atomic E-state index is 2.36. The van der Waals surface area contributed by atoms with Gasteiger partial charge in [0.25, 0.3) is 0 Å². The molecule has 3 aromatic carbocycles. The second kappa shape index (κ2) is 6.68. The summed E-state index contributed by atoms with van der Waals surface area (Å²) in [4.78, 5) is 0. The van der Waals surface area contributed by atoms with Gasteiger partial charge in [0, 0.05) is 5.69 Å². The molecule has 0 spiro atoms. The van der Waals surface area contributed by atoms with Crippen molar-refractivity contribution in [1.82, 2.24) is 4.57 Å². The summed E-state index contributed by atoms with van der Waals surface area (Å²) in [6.45, 7) is 6.40. The summed E-state index contributed by atoms with van der Waals surface area (Å²) in [6, 6.07) is 30.7. The predicted molar refractivity (Wildman–Crippen MR) is 111 cm³/mol. The van der Waals surface area contributed by atoms with Gasteiger partial charge in [-0.1, -0.05) is 71.8 Å². The predicted octanol–water partition coefficient (Wildman–Crippen LogP) is 6.74. The van der Waals surface area contributed by atoms with Crippen LogP contribution in [-0.4, -0.2) is 4.57 Å². The van der Waals surface area contributed by atoms with Crippen LogP contribution in [0, 0.1) is 20.8 Å². The van der Waals surface area contributed by atoms with Crippen LogP contribution in [0.2, 0.25) is 0 Å². The number of hydrogen-bond donors (Lipinski definition) is 0. The maximum absolute atomic E-state index is 2.36. The molecule has 0 saturated carbocycles. The minimum atomic E-state index is 1.20. The molecule has 0 radical (unpaired) electrons. The molecule has 26 heavy (non-hydrogen) atoms. The molecule has 0 saturated heterocycles. The second-order valence-corrected chi connectivity index (χ2v) is 7.01. The fourth-order valence-corrected chi connectivity index (χ4v) is 3.38. The molecule has 1 heterocycles. The van der Waals surface area contributed by atoms with Crippen molar-refractivity contribution in [3.05, 3.63) is 102 Å². The Morgan fingerprint density at radius 2 is 1.00 bits per heavy atom. The number of aryl methyl sites for hydroxylation is 3. The molecular formula is C25H23N. The molecule has 0 fully saturated rings. The third-order valence-electron chi connectivity index (χ3n) is 4.84. The van der Waals surface area contributed by atoms with Gasteiger partial charge in [-0.3, -0.25) is 0 Å². The van der Waals surface area contributed by atoms with E-state index in [0.717, 1.165) is 0 Å². The van der Waals surface area contributed by atoms with Crippen LogP contribution in [0.4, 0.5) is 0 Å². The summed E-state index contributed by atoms with van der Waals surface area (Å²) in [7, 11) is 0. The van der Waals surface area contributed by atoms with E-state index in [9.17, 15) is 0 Å². The van der Waals surface area contributed by atoms with Crippen molar-refractivity contribution < 1.29 is 0 Å². The molecule has 1 nitrogen and oxygen atoms in total. The highest BCUT2D eigenvalue weighted by Gasteiger charge is 2.13. The zero-order chi connectivity index (χ0) is 18.1. The molecule has 0 bridgehead atoms. The molecule has 4 rings (SSSR count). The fraction of sp³-hybridized carbons (Fsp3) is 0.120. The number of benzene rings is 3. The highest BCUT2D eigenvalue weighted by molar-refractivity contribution is 5.73. The lowest BCUT2D eigenvalue weighted by molar-refractivity contribution is 1.09. The summed E-state index contributed by atoms with van der Waals surface area (Å²) in [5, 5.41) is 0. The van der Waals surface area contributed by atoms with E-state index in [1.807, 2.05) is 0 Å². The summed E-state index contributed by atoms with van der Waals surface area (Å²) < 4.78 is 2.36. The van der Waals surface area contributed by atoms with Crippen molar-refractivity contribution in [1.29, 1.82) is 0 Å². The smallest absolute Gasteiger partial charge is 0.0535 e. The summed E-state index contributed by atoms with van der Waals surface area (Å²) >= 11 is 0. The molecule has 0 atom stereocenters. The highest BCUT2D eigenvalue weighted by Crippen LogP contribution is 2.33. The lowest BCUT2D eigenvalue weighted by atomic mass is 10.1. The SMILES string of the molecule is Cc1ccc(-c2ccc(-c3ccc(C)cc3)n2-c2cccc(C)c2)cc1. The first-order valence-corrected chi connectivity index (χ1v) is 9.05. The number of aromatic nitrogens is 1. The highest BCUT2D eigenvalue weighted by atomic mass is 15.0. The lowest BCUT2D eigenvalue weighted by Gasteiger charge is -2.15. The van der Waals surface area contributed by atoms with Gasteiger partial charge in [0.05, 0.1) is 11.4 Å². The largest absolute Gasteiger partial charge is 0.309 e. The monoisotopic (exact) mass is 337 g/mol. The minimum absolute atomic E-state index is 1.20. The van der Waals surface area contributed by atoms with Crippen molar-refractivity contribution in [2.24, 2.45) is 0 Å². The van der Waals surface area contributed by atoms with Crippen molar-refractivity contribution >= 4 is 0 Å². The van der Waals surface area contributed by atoms with Crippen molar-refractivity contribution in [2.45, 2.75) is 20.8 Å². The Morgan fingerprint density at radius 3 is 1.46 bits per heavy atom. The van der Waals surface area contributed by atoms with Crippen LogP contribution < -0.4 is 0 Å². The van der Waals surface area contributed by atoms with Crippen LogP contribution in [0.15, 0.2) is 84.9 Å². The van der Waals surface area contributed by atoms with Gasteiger partial charge in [-0.2, -0.15) is 0 Å². The fourth-order valence-electron chi connectivity index (χ4n) is 3.38. The first kappa shape index (κ1) is 16.4. The zero-order valence-electron chi connectivity index (χ0n) is 15.5. The topological polar surface area (TPSA) is 4.93 Å². The van der Waals surface area contributed by atoms with Crippen LogP contribution in [0.1, 0.15) is 16.7 Å². The molecule has 0 amide bonds. The van der Waals surface area contributed by atoms with Gasteiger partial charge < -0.3 is 4.57 Å². The number of nitrogens with zero attached hydrogens (tertiary/aromatic N) is 1. The van der Waals surface area contributed by atoms with Crippen LogP contribution in [0.25, 0.3) is 28.2 Å². The third kappa shape index (κ3) is 3.09. The Labute approximate surface area is 155 Å². The van der Waals surface area contributed by atoms with Gasteiger partial charge in [-0.25, -0.2) is 0 Å². The maximum Gasteiger partial charge on any atom is 0.0535 e. The van der Waals surface area contributed by atoms with Gasteiger partial charge in [0.15, 0.2) is 0 Å². The molecule has 0 aliphatic heterocycles. The van der Waals surface area contributed by atoms with Crippen molar-refractivity contribution in [3.8, 4) is 28.2 Å². The van der Waals surface area contributed by atoms with Gasteiger partial charge in [0.2, 0.25) is 0 Å². The van der Waals surface area contributed by atoms with Gasteiger partial charge in [-0.15, -0.1) is 0 Å². The van der Waals surface area contributed by atoms with E-state index in [2.05, 4.69) is 110 Å². The van der Waals surface area contributed by atoms with Gasteiger partial charge >= 0.3 is 0 Å². The van der Waals surface area contributed by atoms with E-state index < -0.39 is 0 Å². The molecule has 1 aromatic heterocycles. The number of hydrogen-bond acceptors (Lipinski definition) is 0. The Morgan fingerprint density at radius 1 is 0.500 bits per heavy atom. The molecule has 0 aliphatic carbocycles. The first-order valence-electron chi connectivity index (χ1n) is 9.05. The quantitative estimate of drug-likeness (QED) is 0.390. The van der Waals surface area contributed by atoms with E-state index in [-0.39, 0.29) is 0 Å². The van der Waals surface area contributed by atoms with Crippen LogP contribution in [0.3, 0.4) is 0 Å². The molecule has 0 aliphatic rings. The lowest BCUT2D eigenvalue weighted by Crippen LogP contribution is -2.00. The minimum Gasteiger partial charge on any atom is -0.309 e. The summed E-state index contributed by atoms with van der Waals surface area (Å²) in [5.74, 6) is 0. The molecular weight excluding hydrogens is 314 g/mol. The molecule has 4 aromatic rings. The normalized spacial score (nSPS) is 10.9. The van der Waals surface area contributed by atoms with Crippen LogP contribution >= 0.6 is 0 Å². The van der Waals surface area contributed by atoms with Crippen molar-refractivity contribution in [2.75, 3.05) is 0 Å². The van der Waals surface area contributed by atoms with Crippen molar-refractivity contribution in [3.63, 3.8) is 0 Å². The van der Waals surface area contributed by atoms with E-state index in [1.165, 1.54) is 44.9 Å². The molecule has 0 N–H and O–H groups in total. The third-order valence-corrected chi connectivity index (χ3v) is 4.84. The summed E-state index contributed by atoms with van der Waals surface area (Å²) in [6.07, 6.45) is 0. The Kier molecular flexibility index (Phi) is 4.22. The Bertz CT molecular complexity index is 971. The first-order chi connectivity index (χ1) is 12.6. The average molecular weight is 337 g/mol. The molecule has 1 heteroatoms.